The lowest BCUT2D eigenvalue weighted by Crippen LogP contribution is -1.96. The van der Waals surface area contributed by atoms with Crippen molar-refractivity contribution < 1.29 is 4.92 Å². The number of hydrogen-bond acceptors (Lipinski definition) is 4. The Bertz CT molecular complexity index is 914. The van der Waals surface area contributed by atoms with Crippen LogP contribution < -0.4 is 0 Å². The third kappa shape index (κ3) is 3.08. The summed E-state index contributed by atoms with van der Waals surface area (Å²) in [6, 6.07) is 14.3. The smallest absolute Gasteiger partial charge is 0.258 e. The fourth-order valence-electron chi connectivity index (χ4n) is 2.39. The Hall–Kier alpha value is -3.08. The average molecular weight is 305 g/mol. The molecule has 0 amide bonds. The van der Waals surface area contributed by atoms with Crippen molar-refractivity contribution in [3.05, 3.63) is 70.0 Å². The van der Waals surface area contributed by atoms with Crippen molar-refractivity contribution >= 4 is 22.7 Å². The highest BCUT2D eigenvalue weighted by molar-refractivity contribution is 5.94. The summed E-state index contributed by atoms with van der Waals surface area (Å²) in [4.78, 5) is 19.7. The van der Waals surface area contributed by atoms with E-state index in [1.165, 1.54) is 12.1 Å². The van der Waals surface area contributed by atoms with Crippen LogP contribution in [-0.4, -0.2) is 14.9 Å². The van der Waals surface area contributed by atoms with E-state index in [0.717, 1.165) is 11.1 Å². The molecule has 0 saturated carbocycles. The van der Waals surface area contributed by atoms with Gasteiger partial charge in [0, 0.05) is 23.1 Å². The zero-order valence-corrected chi connectivity index (χ0v) is 12.9. The molecule has 0 aliphatic rings. The van der Waals surface area contributed by atoms with Gasteiger partial charge in [-0.2, -0.15) is 0 Å². The molecule has 1 aromatic heterocycles. The zero-order chi connectivity index (χ0) is 16.4. The molecular formula is C18H15N3O2. The Morgan fingerprint density at radius 1 is 1.09 bits per heavy atom. The lowest BCUT2D eigenvalue weighted by atomic mass is 10.1. The molecule has 0 bridgehead atoms. The molecule has 3 aromatic rings. The number of non-ortho nitro benzene ring substituents is 1. The first-order valence-electron chi connectivity index (χ1n) is 7.21. The normalized spacial score (nSPS) is 10.5. The number of allylic oxidation sites excluding steroid dienone is 1. The molecule has 0 atom stereocenters. The molecule has 0 saturated heterocycles. The van der Waals surface area contributed by atoms with Crippen LogP contribution in [0.5, 0.6) is 0 Å². The second kappa shape index (κ2) is 5.96. The number of nitro benzene ring substituents is 1. The van der Waals surface area contributed by atoms with E-state index in [1.807, 2.05) is 50.3 Å². The molecule has 0 aliphatic carbocycles. The molecule has 0 fully saturated rings. The van der Waals surface area contributed by atoms with Gasteiger partial charge in [0.2, 0.25) is 0 Å². The molecule has 0 radical (unpaired) electrons. The van der Waals surface area contributed by atoms with E-state index in [9.17, 15) is 10.1 Å². The van der Waals surface area contributed by atoms with Gasteiger partial charge in [-0.25, -0.2) is 9.97 Å². The van der Waals surface area contributed by atoms with Crippen molar-refractivity contribution in [1.82, 2.24) is 9.97 Å². The van der Waals surface area contributed by atoms with E-state index >= 15 is 0 Å². The Kier molecular flexibility index (Phi) is 3.85. The molecule has 0 spiro atoms. The predicted octanol–water partition coefficient (Wildman–Crippen LogP) is 4.63. The van der Waals surface area contributed by atoms with Crippen molar-refractivity contribution in [1.29, 1.82) is 0 Å². The van der Waals surface area contributed by atoms with E-state index in [4.69, 9.17) is 0 Å². The Morgan fingerprint density at radius 2 is 1.83 bits per heavy atom. The van der Waals surface area contributed by atoms with E-state index in [2.05, 4.69) is 9.97 Å². The predicted molar refractivity (Wildman–Crippen MR) is 91.0 cm³/mol. The summed E-state index contributed by atoms with van der Waals surface area (Å²) in [6.45, 7) is 3.96. The minimum atomic E-state index is -0.405. The Morgan fingerprint density at radius 3 is 2.48 bits per heavy atom. The first-order valence-corrected chi connectivity index (χ1v) is 7.21. The van der Waals surface area contributed by atoms with Gasteiger partial charge in [0.15, 0.2) is 5.82 Å². The van der Waals surface area contributed by atoms with Gasteiger partial charge in [-0.15, -0.1) is 0 Å². The van der Waals surface area contributed by atoms with Gasteiger partial charge in [-0.1, -0.05) is 35.9 Å². The quantitative estimate of drug-likeness (QED) is 0.522. The highest BCUT2D eigenvalue weighted by Crippen LogP contribution is 2.29. The fraction of sp³-hybridized carbons (Fsp3) is 0.111. The van der Waals surface area contributed by atoms with E-state index < -0.39 is 4.92 Å². The van der Waals surface area contributed by atoms with Crippen LogP contribution in [0.25, 0.3) is 28.2 Å². The van der Waals surface area contributed by atoms with Gasteiger partial charge in [-0.3, -0.25) is 10.1 Å². The summed E-state index contributed by atoms with van der Waals surface area (Å²) in [6.07, 6.45) is 1.90. The standard InChI is InChI=1S/C18H15N3O2/c1-12(2)10-17-19-16-9-8-14(21(22)23)11-15(16)18(20-17)13-6-4-3-5-7-13/h3-11H,1-2H3. The van der Waals surface area contributed by atoms with Crippen LogP contribution in [0.3, 0.4) is 0 Å². The maximum atomic E-state index is 11.1. The SMILES string of the molecule is CC(C)=Cc1nc(-c2ccccc2)c2cc([N+](=O)[O-])ccc2n1. The van der Waals surface area contributed by atoms with Crippen LogP contribution >= 0.6 is 0 Å². The van der Waals surface area contributed by atoms with E-state index in [-0.39, 0.29) is 5.69 Å². The lowest BCUT2D eigenvalue weighted by molar-refractivity contribution is -0.384. The fourth-order valence-corrected chi connectivity index (χ4v) is 2.39. The molecule has 114 valence electrons. The van der Waals surface area contributed by atoms with Crippen LogP contribution in [0, 0.1) is 10.1 Å². The zero-order valence-electron chi connectivity index (χ0n) is 12.9. The number of benzene rings is 2. The summed E-state index contributed by atoms with van der Waals surface area (Å²) in [5.74, 6) is 0.602. The van der Waals surface area contributed by atoms with Gasteiger partial charge in [0.25, 0.3) is 5.69 Å². The highest BCUT2D eigenvalue weighted by atomic mass is 16.6. The van der Waals surface area contributed by atoms with Crippen molar-refractivity contribution in [3.8, 4) is 11.3 Å². The first-order chi connectivity index (χ1) is 11.0. The Labute approximate surface area is 133 Å². The molecule has 5 nitrogen and oxygen atoms in total. The summed E-state index contributed by atoms with van der Waals surface area (Å²) in [7, 11) is 0. The molecule has 1 heterocycles. The molecule has 0 unspecified atom stereocenters. The van der Waals surface area contributed by atoms with Gasteiger partial charge in [0.1, 0.15) is 0 Å². The van der Waals surface area contributed by atoms with Crippen LogP contribution in [0.15, 0.2) is 54.1 Å². The van der Waals surface area contributed by atoms with Crippen molar-refractivity contribution in [2.24, 2.45) is 0 Å². The van der Waals surface area contributed by atoms with E-state index in [0.29, 0.717) is 22.4 Å². The molecule has 0 N–H and O–H groups in total. The maximum Gasteiger partial charge on any atom is 0.270 e. The van der Waals surface area contributed by atoms with Gasteiger partial charge in [0.05, 0.1) is 16.1 Å². The number of nitrogens with zero attached hydrogens (tertiary/aromatic N) is 3. The minimum absolute atomic E-state index is 0.0354. The topological polar surface area (TPSA) is 68.9 Å². The molecule has 0 aliphatic heterocycles. The van der Waals surface area contributed by atoms with Crippen LogP contribution in [0.1, 0.15) is 19.7 Å². The van der Waals surface area contributed by atoms with Gasteiger partial charge < -0.3 is 0 Å². The third-order valence-electron chi connectivity index (χ3n) is 3.37. The number of rotatable bonds is 3. The monoisotopic (exact) mass is 305 g/mol. The second-order valence-corrected chi connectivity index (χ2v) is 5.48. The summed E-state index contributed by atoms with van der Waals surface area (Å²) < 4.78 is 0. The number of fused-ring (bicyclic) bond motifs is 1. The number of hydrogen-bond donors (Lipinski definition) is 0. The molecule has 3 rings (SSSR count). The molecular weight excluding hydrogens is 290 g/mol. The molecule has 2 aromatic carbocycles. The van der Waals surface area contributed by atoms with Gasteiger partial charge in [-0.05, 0) is 26.0 Å². The van der Waals surface area contributed by atoms with Crippen LogP contribution in [0.4, 0.5) is 5.69 Å². The number of aromatic nitrogens is 2. The maximum absolute atomic E-state index is 11.1. The lowest BCUT2D eigenvalue weighted by Gasteiger charge is -2.07. The summed E-state index contributed by atoms with van der Waals surface area (Å²) in [5.41, 5.74) is 3.42. The summed E-state index contributed by atoms with van der Waals surface area (Å²) >= 11 is 0. The Balaban J connectivity index is 2.34. The second-order valence-electron chi connectivity index (χ2n) is 5.48. The number of nitro groups is 1. The first kappa shape index (κ1) is 14.8. The van der Waals surface area contributed by atoms with Gasteiger partial charge >= 0.3 is 0 Å². The van der Waals surface area contributed by atoms with Crippen molar-refractivity contribution in [3.63, 3.8) is 0 Å². The molecule has 23 heavy (non-hydrogen) atoms. The minimum Gasteiger partial charge on any atom is -0.258 e. The van der Waals surface area contributed by atoms with Crippen molar-refractivity contribution in [2.45, 2.75) is 13.8 Å². The van der Waals surface area contributed by atoms with E-state index in [1.54, 1.807) is 6.07 Å². The molecule has 5 heteroatoms. The third-order valence-corrected chi connectivity index (χ3v) is 3.37. The summed E-state index contributed by atoms with van der Waals surface area (Å²) in [5, 5.41) is 11.7. The van der Waals surface area contributed by atoms with Crippen LogP contribution in [-0.2, 0) is 0 Å². The largest absolute Gasteiger partial charge is 0.270 e. The average Bonchev–Trinajstić information content (AvgIpc) is 2.54. The van der Waals surface area contributed by atoms with Crippen LogP contribution in [0.2, 0.25) is 0 Å². The highest BCUT2D eigenvalue weighted by Gasteiger charge is 2.13. The van der Waals surface area contributed by atoms with Crippen molar-refractivity contribution in [2.75, 3.05) is 0 Å².